The van der Waals surface area contributed by atoms with Gasteiger partial charge in [0.2, 0.25) is 17.6 Å². The number of hydrogen-bond donors (Lipinski definition) is 4. The molecule has 4 amide bonds. The van der Waals surface area contributed by atoms with E-state index >= 15 is 0 Å². The highest BCUT2D eigenvalue weighted by Gasteiger charge is 2.50. The maximum atomic E-state index is 12.6. The van der Waals surface area contributed by atoms with E-state index in [4.69, 9.17) is 15.2 Å². The van der Waals surface area contributed by atoms with Gasteiger partial charge in [-0.05, 0) is 19.3 Å². The van der Waals surface area contributed by atoms with Gasteiger partial charge >= 0.3 is 0 Å². The topological polar surface area (TPSA) is 204 Å². The Morgan fingerprint density at radius 1 is 1.05 bits per heavy atom. The van der Waals surface area contributed by atoms with Crippen molar-refractivity contribution in [1.29, 1.82) is 0 Å². The standard InChI is InChI=1S/C20H29N5O8.C2H6O.2C2H6/c1-10(2)5-11(16(27)20(3)9-32-20)23-15(26)7-22-18(29)13(8-31-4)24-19(30)12-6-14(17(21)28)33-25-12;1-3-2;2*1-2/h6,10-11,13H,5,7-9H2,1-4H3,(H2,21,28)(H,22,29)(H,23,26)(H,24,30);1-2H3;2*1-2H3/t11-,13-,20+;;;/m0.../s1. The van der Waals surface area contributed by atoms with Crippen LogP contribution in [-0.2, 0) is 28.6 Å². The van der Waals surface area contributed by atoms with Crippen LogP contribution in [0.15, 0.2) is 10.6 Å². The number of hydrogen-bond acceptors (Lipinski definition) is 10. The van der Waals surface area contributed by atoms with Crippen LogP contribution >= 0.6 is 0 Å². The lowest BCUT2D eigenvalue weighted by atomic mass is 9.93. The van der Waals surface area contributed by atoms with Crippen molar-refractivity contribution >= 4 is 29.4 Å². The zero-order chi connectivity index (χ0) is 31.5. The quantitative estimate of drug-likeness (QED) is 0.245. The number of amides is 4. The summed E-state index contributed by atoms with van der Waals surface area (Å²) in [5, 5.41) is 10.8. The second-order valence-electron chi connectivity index (χ2n) is 8.68. The second kappa shape index (κ2) is 20.5. The zero-order valence-electron chi connectivity index (χ0n) is 25.3. The Morgan fingerprint density at radius 3 is 2.02 bits per heavy atom. The molecule has 0 spiro atoms. The van der Waals surface area contributed by atoms with E-state index in [1.807, 2.05) is 41.5 Å². The summed E-state index contributed by atoms with van der Waals surface area (Å²) < 4.78 is 19.0. The van der Waals surface area contributed by atoms with E-state index < -0.39 is 47.9 Å². The number of nitrogens with zero attached hydrogens (tertiary/aromatic N) is 1. The number of nitrogens with two attached hydrogens (primary N) is 1. The summed E-state index contributed by atoms with van der Waals surface area (Å²) in [4.78, 5) is 60.8. The van der Waals surface area contributed by atoms with Crippen molar-refractivity contribution < 1.29 is 42.7 Å². The summed E-state index contributed by atoms with van der Waals surface area (Å²) in [5.41, 5.74) is 3.89. The number of ketones is 1. The molecular weight excluding hydrogens is 526 g/mol. The van der Waals surface area contributed by atoms with Crippen molar-refractivity contribution in [1.82, 2.24) is 21.1 Å². The van der Waals surface area contributed by atoms with Gasteiger partial charge in [-0.3, -0.25) is 24.0 Å². The third-order valence-electron chi connectivity index (χ3n) is 4.82. The van der Waals surface area contributed by atoms with E-state index in [-0.39, 0.29) is 29.8 Å². The van der Waals surface area contributed by atoms with Crippen LogP contribution < -0.4 is 21.7 Å². The van der Waals surface area contributed by atoms with E-state index in [2.05, 4.69) is 30.4 Å². The Labute approximate surface area is 236 Å². The normalized spacial score (nSPS) is 16.3. The van der Waals surface area contributed by atoms with Gasteiger partial charge in [-0.2, -0.15) is 0 Å². The highest BCUT2D eigenvalue weighted by molar-refractivity contribution is 5.99. The average Bonchev–Trinajstić information content (AvgIpc) is 3.47. The van der Waals surface area contributed by atoms with Gasteiger partial charge in [-0.15, -0.1) is 0 Å². The number of methoxy groups -OCH3 is 2. The van der Waals surface area contributed by atoms with Gasteiger partial charge in [-0.1, -0.05) is 46.7 Å². The molecule has 1 aromatic heterocycles. The first kappa shape index (κ1) is 38.8. The molecule has 1 fully saturated rings. The fraction of sp³-hybridized carbons (Fsp3) is 0.692. The largest absolute Gasteiger partial charge is 0.388 e. The molecule has 0 aliphatic carbocycles. The molecular formula is C26H47N5O9. The molecule has 40 heavy (non-hydrogen) atoms. The lowest BCUT2D eigenvalue weighted by molar-refractivity contribution is -0.131. The van der Waals surface area contributed by atoms with Crippen molar-refractivity contribution in [2.75, 3.05) is 41.1 Å². The lowest BCUT2D eigenvalue weighted by Crippen LogP contribution is -2.53. The number of ether oxygens (including phenoxy) is 3. The van der Waals surface area contributed by atoms with Crippen LogP contribution in [0.4, 0.5) is 0 Å². The average molecular weight is 574 g/mol. The Bertz CT molecular complexity index is 929. The Kier molecular flexibility index (Phi) is 19.9. The maximum Gasteiger partial charge on any atom is 0.287 e. The molecule has 2 heterocycles. The predicted molar refractivity (Wildman–Crippen MR) is 148 cm³/mol. The minimum absolute atomic E-state index is 0.143. The highest BCUT2D eigenvalue weighted by Crippen LogP contribution is 2.29. The van der Waals surface area contributed by atoms with Crippen molar-refractivity contribution in [2.45, 2.75) is 72.6 Å². The molecule has 1 saturated heterocycles. The van der Waals surface area contributed by atoms with Crippen molar-refractivity contribution in [3.8, 4) is 0 Å². The van der Waals surface area contributed by atoms with E-state index in [0.717, 1.165) is 6.07 Å². The Morgan fingerprint density at radius 2 is 1.60 bits per heavy atom. The third-order valence-corrected chi connectivity index (χ3v) is 4.82. The minimum Gasteiger partial charge on any atom is -0.388 e. The maximum absolute atomic E-state index is 12.6. The SMILES string of the molecule is CC.CC.COC.COC[C@H](NC(=O)c1cc(C(N)=O)on1)C(=O)NCC(=O)N[C@@H](CC(C)C)C(=O)[C@@]1(C)CO1. The molecule has 1 aliphatic rings. The molecule has 230 valence electrons. The van der Waals surface area contributed by atoms with Gasteiger partial charge in [0.25, 0.3) is 11.8 Å². The molecule has 0 radical (unpaired) electrons. The van der Waals surface area contributed by atoms with Gasteiger partial charge < -0.3 is 40.4 Å². The number of primary amides is 1. The molecule has 0 bridgehead atoms. The van der Waals surface area contributed by atoms with Crippen LogP contribution in [0.3, 0.4) is 0 Å². The smallest absolute Gasteiger partial charge is 0.287 e. The summed E-state index contributed by atoms with van der Waals surface area (Å²) >= 11 is 0. The number of epoxide rings is 1. The summed E-state index contributed by atoms with van der Waals surface area (Å²) in [6.07, 6.45) is 0.421. The van der Waals surface area contributed by atoms with Gasteiger partial charge in [0, 0.05) is 27.4 Å². The number of Topliss-reactive ketones (excluding diaryl/α,β-unsaturated/α-hetero) is 1. The molecule has 2 rings (SSSR count). The molecule has 5 N–H and O–H groups in total. The molecule has 14 nitrogen and oxygen atoms in total. The van der Waals surface area contributed by atoms with Crippen LogP contribution in [0.1, 0.15) is 75.9 Å². The number of rotatable bonds is 13. The second-order valence-corrected chi connectivity index (χ2v) is 8.68. The Balaban J connectivity index is 0. The Hall–Kier alpha value is -3.36. The molecule has 14 heteroatoms. The summed E-state index contributed by atoms with van der Waals surface area (Å²) in [5.74, 6) is -3.39. The summed E-state index contributed by atoms with van der Waals surface area (Å²) in [7, 11) is 4.57. The molecule has 1 aromatic rings. The molecule has 0 saturated carbocycles. The van der Waals surface area contributed by atoms with Crippen LogP contribution in [0.25, 0.3) is 0 Å². The molecule has 1 aliphatic heterocycles. The third kappa shape index (κ3) is 14.1. The van der Waals surface area contributed by atoms with Crippen LogP contribution in [-0.4, -0.2) is 93.3 Å². The first-order chi connectivity index (χ1) is 18.9. The fourth-order valence-corrected chi connectivity index (χ4v) is 2.94. The minimum atomic E-state index is -1.17. The monoisotopic (exact) mass is 573 g/mol. The molecule has 3 atom stereocenters. The van der Waals surface area contributed by atoms with Crippen molar-refractivity contribution in [3.05, 3.63) is 17.5 Å². The van der Waals surface area contributed by atoms with Crippen LogP contribution in [0, 0.1) is 5.92 Å². The number of carbonyl (C=O) groups is 5. The molecule has 0 unspecified atom stereocenters. The number of aromatic nitrogens is 1. The lowest BCUT2D eigenvalue weighted by Gasteiger charge is -2.22. The number of nitrogens with one attached hydrogen (secondary N) is 3. The predicted octanol–water partition coefficient (Wildman–Crippen LogP) is 0.838. The van der Waals surface area contributed by atoms with Crippen LogP contribution in [0.2, 0.25) is 0 Å². The molecule has 0 aromatic carbocycles. The van der Waals surface area contributed by atoms with E-state index in [9.17, 15) is 24.0 Å². The van der Waals surface area contributed by atoms with Crippen molar-refractivity contribution in [2.24, 2.45) is 11.7 Å². The first-order valence-electron chi connectivity index (χ1n) is 13.1. The first-order valence-corrected chi connectivity index (χ1v) is 13.1. The van der Waals surface area contributed by atoms with Crippen LogP contribution in [0.5, 0.6) is 0 Å². The van der Waals surface area contributed by atoms with Gasteiger partial charge in [-0.25, -0.2) is 0 Å². The zero-order valence-corrected chi connectivity index (χ0v) is 25.3. The van der Waals surface area contributed by atoms with E-state index in [0.29, 0.717) is 13.0 Å². The van der Waals surface area contributed by atoms with E-state index in [1.54, 1.807) is 21.1 Å². The number of carbonyl (C=O) groups excluding carboxylic acids is 5. The highest BCUT2D eigenvalue weighted by atomic mass is 16.6. The summed E-state index contributed by atoms with van der Waals surface area (Å²) in [6, 6.07) is -0.887. The van der Waals surface area contributed by atoms with Gasteiger partial charge in [0.05, 0.1) is 25.8 Å². The fourth-order valence-electron chi connectivity index (χ4n) is 2.94. The van der Waals surface area contributed by atoms with E-state index in [1.165, 1.54) is 7.11 Å². The van der Waals surface area contributed by atoms with Gasteiger partial charge in [0.15, 0.2) is 11.5 Å². The van der Waals surface area contributed by atoms with Crippen molar-refractivity contribution in [3.63, 3.8) is 0 Å². The summed E-state index contributed by atoms with van der Waals surface area (Å²) in [6.45, 7) is 13.2. The van der Waals surface area contributed by atoms with Gasteiger partial charge in [0.1, 0.15) is 11.6 Å².